The highest BCUT2D eigenvalue weighted by Gasteiger charge is 2.05. The summed E-state index contributed by atoms with van der Waals surface area (Å²) < 4.78 is 0. The first-order chi connectivity index (χ1) is 11.1. The molecule has 0 aliphatic heterocycles. The van der Waals surface area contributed by atoms with Crippen molar-refractivity contribution in [2.75, 3.05) is 10.6 Å². The second-order valence-corrected chi connectivity index (χ2v) is 5.63. The lowest BCUT2D eigenvalue weighted by atomic mass is 10.2. The van der Waals surface area contributed by atoms with E-state index in [4.69, 9.17) is 11.6 Å². The molecular weight excluding hydrogens is 310 g/mol. The number of nitrogens with one attached hydrogen (secondary N) is 2. The first kappa shape index (κ1) is 15.2. The molecule has 0 atom stereocenters. The predicted molar refractivity (Wildman–Crippen MR) is 93.8 cm³/mol. The van der Waals surface area contributed by atoms with E-state index < -0.39 is 0 Å². The number of rotatable bonds is 4. The molecule has 5 nitrogen and oxygen atoms in total. The Labute approximate surface area is 139 Å². The Hall–Kier alpha value is -2.66. The Kier molecular flexibility index (Phi) is 4.39. The van der Waals surface area contributed by atoms with E-state index in [0.29, 0.717) is 16.8 Å². The first-order valence-corrected chi connectivity index (χ1v) is 7.55. The molecule has 1 heterocycles. The molecule has 2 N–H and O–H groups in total. The van der Waals surface area contributed by atoms with Crippen LogP contribution in [0.1, 0.15) is 11.1 Å². The van der Waals surface area contributed by atoms with Crippen molar-refractivity contribution in [3.63, 3.8) is 0 Å². The minimum Gasteiger partial charge on any atom is -0.339 e. The fourth-order valence-corrected chi connectivity index (χ4v) is 2.29. The zero-order chi connectivity index (χ0) is 16.2. The summed E-state index contributed by atoms with van der Waals surface area (Å²) in [4.78, 5) is 4.44. The monoisotopic (exact) mass is 325 g/mol. The van der Waals surface area contributed by atoms with E-state index in [1.165, 1.54) is 0 Å². The summed E-state index contributed by atoms with van der Waals surface area (Å²) in [6.07, 6.45) is 1.59. The molecule has 0 bridgehead atoms. The lowest BCUT2D eigenvalue weighted by molar-refractivity contribution is 0.981. The minimum atomic E-state index is 0.411. The van der Waals surface area contributed by atoms with Crippen molar-refractivity contribution < 1.29 is 0 Å². The maximum Gasteiger partial charge on any atom is 0.249 e. The molecule has 0 amide bonds. The summed E-state index contributed by atoms with van der Waals surface area (Å²) in [6, 6.07) is 13.6. The van der Waals surface area contributed by atoms with Gasteiger partial charge in [0.05, 0.1) is 6.20 Å². The molecule has 0 saturated heterocycles. The highest BCUT2D eigenvalue weighted by molar-refractivity contribution is 6.30. The van der Waals surface area contributed by atoms with Gasteiger partial charge in [-0.15, -0.1) is 5.10 Å². The van der Waals surface area contributed by atoms with Gasteiger partial charge in [-0.25, -0.2) is 0 Å². The third-order valence-electron chi connectivity index (χ3n) is 3.41. The van der Waals surface area contributed by atoms with Crippen LogP contribution in [0.4, 0.5) is 23.1 Å². The molecule has 0 fully saturated rings. The Balaban J connectivity index is 1.83. The molecule has 0 saturated carbocycles. The number of aryl methyl sites for hydroxylation is 2. The van der Waals surface area contributed by atoms with Crippen LogP contribution in [0.2, 0.25) is 5.02 Å². The summed E-state index contributed by atoms with van der Waals surface area (Å²) in [5.41, 5.74) is 4.02. The van der Waals surface area contributed by atoms with Crippen LogP contribution in [0.25, 0.3) is 0 Å². The van der Waals surface area contributed by atoms with Crippen molar-refractivity contribution in [2.45, 2.75) is 13.8 Å². The van der Waals surface area contributed by atoms with Crippen molar-refractivity contribution in [3.05, 3.63) is 64.8 Å². The minimum absolute atomic E-state index is 0.411. The molecule has 0 aliphatic rings. The number of aromatic nitrogens is 3. The predicted octanol–water partition coefficient (Wildman–Crippen LogP) is 4.63. The molecule has 3 rings (SSSR count). The third-order valence-corrected chi connectivity index (χ3v) is 3.65. The van der Waals surface area contributed by atoms with E-state index in [2.05, 4.69) is 25.8 Å². The quantitative estimate of drug-likeness (QED) is 0.732. The van der Waals surface area contributed by atoms with Crippen molar-refractivity contribution >= 4 is 34.7 Å². The zero-order valence-electron chi connectivity index (χ0n) is 12.8. The van der Waals surface area contributed by atoms with Gasteiger partial charge in [-0.3, -0.25) is 0 Å². The normalized spacial score (nSPS) is 10.4. The molecule has 116 valence electrons. The van der Waals surface area contributed by atoms with Crippen LogP contribution < -0.4 is 10.6 Å². The van der Waals surface area contributed by atoms with Crippen LogP contribution in [0.3, 0.4) is 0 Å². The maximum absolute atomic E-state index is 6.03. The van der Waals surface area contributed by atoms with Crippen molar-refractivity contribution in [2.24, 2.45) is 0 Å². The van der Waals surface area contributed by atoms with Gasteiger partial charge in [-0.1, -0.05) is 35.9 Å². The van der Waals surface area contributed by atoms with Gasteiger partial charge in [0.1, 0.15) is 0 Å². The lowest BCUT2D eigenvalue weighted by Gasteiger charge is -2.11. The van der Waals surface area contributed by atoms with Gasteiger partial charge in [-0.05, 0) is 43.2 Å². The number of para-hydroxylation sites is 1. The van der Waals surface area contributed by atoms with Crippen LogP contribution in [0.5, 0.6) is 0 Å². The molecule has 0 unspecified atom stereocenters. The maximum atomic E-state index is 6.03. The van der Waals surface area contributed by atoms with Gasteiger partial charge in [0.15, 0.2) is 5.82 Å². The second kappa shape index (κ2) is 6.62. The van der Waals surface area contributed by atoms with Gasteiger partial charge in [-0.2, -0.15) is 10.1 Å². The Morgan fingerprint density at radius 2 is 1.70 bits per heavy atom. The van der Waals surface area contributed by atoms with Crippen LogP contribution in [0, 0.1) is 13.8 Å². The number of nitrogens with zero attached hydrogens (tertiary/aromatic N) is 3. The fraction of sp³-hybridized carbons (Fsp3) is 0.118. The highest BCUT2D eigenvalue weighted by atomic mass is 35.5. The third kappa shape index (κ3) is 3.76. The van der Waals surface area contributed by atoms with Gasteiger partial charge < -0.3 is 10.6 Å². The molecule has 23 heavy (non-hydrogen) atoms. The van der Waals surface area contributed by atoms with Crippen molar-refractivity contribution in [1.29, 1.82) is 0 Å². The number of hydrogen-bond acceptors (Lipinski definition) is 5. The van der Waals surface area contributed by atoms with E-state index >= 15 is 0 Å². The van der Waals surface area contributed by atoms with Crippen LogP contribution in [-0.2, 0) is 0 Å². The smallest absolute Gasteiger partial charge is 0.249 e. The van der Waals surface area contributed by atoms with Crippen LogP contribution >= 0.6 is 11.6 Å². The Morgan fingerprint density at radius 3 is 2.52 bits per heavy atom. The van der Waals surface area contributed by atoms with Crippen molar-refractivity contribution in [1.82, 2.24) is 15.2 Å². The van der Waals surface area contributed by atoms with E-state index in [1.54, 1.807) is 6.20 Å². The van der Waals surface area contributed by atoms with Gasteiger partial charge in [0.25, 0.3) is 0 Å². The average Bonchev–Trinajstić information content (AvgIpc) is 2.54. The molecule has 0 aliphatic carbocycles. The molecule has 3 aromatic rings. The van der Waals surface area contributed by atoms with Gasteiger partial charge >= 0.3 is 0 Å². The fourth-order valence-electron chi connectivity index (χ4n) is 2.12. The summed E-state index contributed by atoms with van der Waals surface area (Å²) in [5, 5.41) is 15.0. The molecule has 0 spiro atoms. The summed E-state index contributed by atoms with van der Waals surface area (Å²) in [5.74, 6) is 1.03. The standard InChI is InChI=1S/C17H16ClN5/c1-11-5-3-4-6-14(11)20-16-10-19-23-17(22-16)21-15-9-13(18)8-7-12(15)2/h3-10H,1-2H3,(H2,20,21,22,23). The Morgan fingerprint density at radius 1 is 0.913 bits per heavy atom. The highest BCUT2D eigenvalue weighted by Crippen LogP contribution is 2.23. The van der Waals surface area contributed by atoms with Gasteiger partial charge in [0.2, 0.25) is 5.95 Å². The number of hydrogen-bond donors (Lipinski definition) is 2. The summed E-state index contributed by atoms with van der Waals surface area (Å²) in [7, 11) is 0. The SMILES string of the molecule is Cc1ccccc1Nc1cnnc(Nc2cc(Cl)ccc2C)n1. The first-order valence-electron chi connectivity index (χ1n) is 7.17. The van der Waals surface area contributed by atoms with E-state index in [1.807, 2.05) is 56.3 Å². The number of anilines is 4. The topological polar surface area (TPSA) is 62.7 Å². The van der Waals surface area contributed by atoms with Crippen molar-refractivity contribution in [3.8, 4) is 0 Å². The van der Waals surface area contributed by atoms with E-state index in [0.717, 1.165) is 22.5 Å². The average molecular weight is 326 g/mol. The second-order valence-electron chi connectivity index (χ2n) is 5.19. The summed E-state index contributed by atoms with van der Waals surface area (Å²) in [6.45, 7) is 4.02. The molecule has 0 radical (unpaired) electrons. The number of halogens is 1. The molecule has 1 aromatic heterocycles. The van der Waals surface area contributed by atoms with Crippen LogP contribution in [-0.4, -0.2) is 15.2 Å². The van der Waals surface area contributed by atoms with Gasteiger partial charge in [0, 0.05) is 16.4 Å². The molecule has 6 heteroatoms. The largest absolute Gasteiger partial charge is 0.339 e. The zero-order valence-corrected chi connectivity index (χ0v) is 13.6. The Bertz CT molecular complexity index is 835. The van der Waals surface area contributed by atoms with Crippen LogP contribution in [0.15, 0.2) is 48.7 Å². The molecular formula is C17H16ClN5. The van der Waals surface area contributed by atoms with E-state index in [-0.39, 0.29) is 0 Å². The van der Waals surface area contributed by atoms with E-state index in [9.17, 15) is 0 Å². The molecule has 2 aromatic carbocycles. The summed E-state index contributed by atoms with van der Waals surface area (Å²) >= 11 is 6.03. The lowest BCUT2D eigenvalue weighted by Crippen LogP contribution is -2.03. The number of benzene rings is 2.